The largest absolute Gasteiger partial charge is 0.229 e. The van der Waals surface area contributed by atoms with Gasteiger partial charge in [0.15, 0.2) is 9.84 Å². The summed E-state index contributed by atoms with van der Waals surface area (Å²) >= 11 is 5.76. The maximum absolute atomic E-state index is 11.0. The van der Waals surface area contributed by atoms with E-state index in [0.29, 0.717) is 17.4 Å². The van der Waals surface area contributed by atoms with Crippen LogP contribution in [0.2, 0.25) is 0 Å². The third-order valence-corrected chi connectivity index (χ3v) is 4.00. The van der Waals surface area contributed by atoms with Crippen molar-refractivity contribution in [1.82, 2.24) is 0 Å². The maximum Gasteiger partial charge on any atom is 0.150 e. The molecule has 1 aliphatic heterocycles. The van der Waals surface area contributed by atoms with Gasteiger partial charge >= 0.3 is 0 Å². The molecule has 0 aromatic rings. The lowest BCUT2D eigenvalue weighted by atomic mass is 10.0. The monoisotopic (exact) mass is 196 g/mol. The second-order valence-corrected chi connectivity index (χ2v) is 6.26. The van der Waals surface area contributed by atoms with Crippen LogP contribution in [0.5, 0.6) is 0 Å². The van der Waals surface area contributed by atoms with E-state index in [2.05, 4.69) is 0 Å². The van der Waals surface area contributed by atoms with Crippen LogP contribution in [0.3, 0.4) is 0 Å². The van der Waals surface area contributed by atoms with E-state index >= 15 is 0 Å². The number of hydrogen-bond donors (Lipinski definition) is 0. The van der Waals surface area contributed by atoms with Gasteiger partial charge in [-0.05, 0) is 25.7 Å². The fourth-order valence-corrected chi connectivity index (χ4v) is 3.65. The van der Waals surface area contributed by atoms with Crippen molar-refractivity contribution in [3.05, 3.63) is 0 Å². The highest BCUT2D eigenvalue weighted by atomic mass is 35.5. The fourth-order valence-electron chi connectivity index (χ4n) is 1.52. The molecule has 1 saturated heterocycles. The quantitative estimate of drug-likeness (QED) is 0.627. The smallest absolute Gasteiger partial charge is 0.150 e. The van der Waals surface area contributed by atoms with Crippen molar-refractivity contribution in [2.75, 3.05) is 11.5 Å². The average Bonchev–Trinajstić information content (AvgIpc) is 2.08. The number of hydrogen-bond acceptors (Lipinski definition) is 2. The van der Waals surface area contributed by atoms with Crippen molar-refractivity contribution in [3.63, 3.8) is 0 Å². The first-order valence-corrected chi connectivity index (χ1v) is 6.10. The predicted octanol–water partition coefficient (Wildman–Crippen LogP) is 1.44. The van der Waals surface area contributed by atoms with Gasteiger partial charge in [0.2, 0.25) is 0 Å². The van der Waals surface area contributed by atoms with Crippen molar-refractivity contribution < 1.29 is 8.42 Å². The number of alkyl halides is 1. The first kappa shape index (κ1) is 9.33. The summed E-state index contributed by atoms with van der Waals surface area (Å²) in [5.41, 5.74) is 0. The van der Waals surface area contributed by atoms with E-state index in [0.717, 1.165) is 12.8 Å². The van der Waals surface area contributed by atoms with Crippen LogP contribution >= 0.6 is 11.6 Å². The minimum atomic E-state index is -2.70. The van der Waals surface area contributed by atoms with E-state index in [4.69, 9.17) is 11.6 Å². The Hall–Kier alpha value is 0.240. The van der Waals surface area contributed by atoms with Crippen LogP contribution in [-0.2, 0) is 9.84 Å². The Morgan fingerprint density at radius 1 is 1.64 bits per heavy atom. The summed E-state index contributed by atoms with van der Waals surface area (Å²) in [6, 6.07) is 0. The van der Waals surface area contributed by atoms with Crippen LogP contribution in [0.15, 0.2) is 0 Å². The summed E-state index contributed by atoms with van der Waals surface area (Å²) in [5.74, 6) is 1.03. The molecular weight excluding hydrogens is 184 g/mol. The zero-order valence-corrected chi connectivity index (χ0v) is 8.16. The van der Waals surface area contributed by atoms with E-state index in [1.54, 1.807) is 0 Å². The van der Waals surface area contributed by atoms with Crippen LogP contribution in [0, 0.1) is 5.92 Å². The van der Waals surface area contributed by atoms with Gasteiger partial charge in [0.1, 0.15) is 0 Å². The summed E-state index contributed by atoms with van der Waals surface area (Å²) in [6.07, 6.45) is 1.64. The lowest BCUT2D eigenvalue weighted by molar-refractivity contribution is 0.538. The zero-order chi connectivity index (χ0) is 8.48. The first-order chi connectivity index (χ1) is 4.99. The highest BCUT2D eigenvalue weighted by Gasteiger charge is 2.28. The van der Waals surface area contributed by atoms with E-state index in [-0.39, 0.29) is 5.38 Å². The van der Waals surface area contributed by atoms with Gasteiger partial charge in [0.25, 0.3) is 0 Å². The van der Waals surface area contributed by atoms with Gasteiger partial charge in [-0.1, -0.05) is 0 Å². The van der Waals surface area contributed by atoms with Crippen molar-refractivity contribution in [2.24, 2.45) is 5.92 Å². The number of sulfone groups is 1. The minimum absolute atomic E-state index is 0.105. The summed E-state index contributed by atoms with van der Waals surface area (Å²) in [6.45, 7) is 1.91. The van der Waals surface area contributed by atoms with E-state index in [1.807, 2.05) is 6.92 Å². The van der Waals surface area contributed by atoms with E-state index < -0.39 is 9.84 Å². The molecule has 1 heterocycles. The fraction of sp³-hybridized carbons (Fsp3) is 1.00. The number of halogens is 1. The maximum atomic E-state index is 11.0. The van der Waals surface area contributed by atoms with Crippen molar-refractivity contribution in [2.45, 2.75) is 25.1 Å². The van der Waals surface area contributed by atoms with Crippen LogP contribution in [-0.4, -0.2) is 25.3 Å². The summed E-state index contributed by atoms with van der Waals surface area (Å²) in [7, 11) is -2.70. The molecule has 2 unspecified atom stereocenters. The zero-order valence-electron chi connectivity index (χ0n) is 6.59. The molecule has 0 N–H and O–H groups in total. The van der Waals surface area contributed by atoms with E-state index in [1.165, 1.54) is 0 Å². The minimum Gasteiger partial charge on any atom is -0.229 e. The summed E-state index contributed by atoms with van der Waals surface area (Å²) in [4.78, 5) is 0. The molecule has 0 saturated carbocycles. The molecular formula is C7H13ClO2S. The molecule has 0 aromatic carbocycles. The van der Waals surface area contributed by atoms with Crippen molar-refractivity contribution in [1.29, 1.82) is 0 Å². The Morgan fingerprint density at radius 3 is 2.64 bits per heavy atom. The molecule has 0 radical (unpaired) electrons. The lowest BCUT2D eigenvalue weighted by Crippen LogP contribution is -2.08. The summed E-state index contributed by atoms with van der Waals surface area (Å²) in [5, 5.41) is 0.105. The molecule has 1 fully saturated rings. The molecule has 0 aliphatic carbocycles. The second-order valence-electron chi connectivity index (χ2n) is 3.29. The van der Waals surface area contributed by atoms with Gasteiger partial charge in [-0.3, -0.25) is 0 Å². The summed E-state index contributed by atoms with van der Waals surface area (Å²) < 4.78 is 22.0. The van der Waals surface area contributed by atoms with Gasteiger partial charge in [-0.15, -0.1) is 11.6 Å². The highest BCUT2D eigenvalue weighted by molar-refractivity contribution is 7.91. The van der Waals surface area contributed by atoms with Gasteiger partial charge in [0, 0.05) is 5.38 Å². The Morgan fingerprint density at radius 2 is 2.27 bits per heavy atom. The molecule has 1 aliphatic rings. The van der Waals surface area contributed by atoms with Crippen LogP contribution in [0.1, 0.15) is 19.8 Å². The SMILES string of the molecule is CC(Cl)CC1CCS(=O)(=O)C1. The van der Waals surface area contributed by atoms with Crippen LogP contribution < -0.4 is 0 Å². The third-order valence-electron chi connectivity index (χ3n) is 1.98. The third kappa shape index (κ3) is 2.99. The average molecular weight is 197 g/mol. The van der Waals surface area contributed by atoms with Crippen molar-refractivity contribution >= 4 is 21.4 Å². The molecule has 0 amide bonds. The standard InChI is InChI=1S/C7H13ClO2S/c1-6(8)4-7-2-3-11(9,10)5-7/h6-7H,2-5H2,1H3. The van der Waals surface area contributed by atoms with Crippen LogP contribution in [0.25, 0.3) is 0 Å². The van der Waals surface area contributed by atoms with Gasteiger partial charge in [-0.25, -0.2) is 8.42 Å². The van der Waals surface area contributed by atoms with Crippen molar-refractivity contribution in [3.8, 4) is 0 Å². The molecule has 0 bridgehead atoms. The molecule has 66 valence electrons. The van der Waals surface area contributed by atoms with Gasteiger partial charge < -0.3 is 0 Å². The molecule has 2 atom stereocenters. The topological polar surface area (TPSA) is 34.1 Å². The van der Waals surface area contributed by atoms with Gasteiger partial charge in [0.05, 0.1) is 11.5 Å². The molecule has 2 nitrogen and oxygen atoms in total. The second kappa shape index (κ2) is 3.31. The normalized spacial score (nSPS) is 32.0. The highest BCUT2D eigenvalue weighted by Crippen LogP contribution is 2.24. The Labute approximate surface area is 72.9 Å². The molecule has 0 aromatic heterocycles. The molecule has 0 spiro atoms. The first-order valence-electron chi connectivity index (χ1n) is 3.84. The Kier molecular flexibility index (Phi) is 2.81. The van der Waals surface area contributed by atoms with E-state index in [9.17, 15) is 8.42 Å². The van der Waals surface area contributed by atoms with Gasteiger partial charge in [-0.2, -0.15) is 0 Å². The number of rotatable bonds is 2. The Balaban J connectivity index is 2.43. The predicted molar refractivity (Wildman–Crippen MR) is 46.7 cm³/mol. The molecule has 11 heavy (non-hydrogen) atoms. The Bertz CT molecular complexity index is 221. The molecule has 1 rings (SSSR count). The van der Waals surface area contributed by atoms with Crippen LogP contribution in [0.4, 0.5) is 0 Å². The molecule has 4 heteroatoms. The lowest BCUT2D eigenvalue weighted by Gasteiger charge is -2.07.